The summed E-state index contributed by atoms with van der Waals surface area (Å²) in [4.78, 5) is 8.31. The predicted molar refractivity (Wildman–Crippen MR) is 258 cm³/mol. The Kier molecular flexibility index (Phi) is 31.3. The Labute approximate surface area is 349 Å². The van der Waals surface area contributed by atoms with Gasteiger partial charge in [0, 0.05) is 58.3 Å². The molecule has 0 aliphatic carbocycles. The van der Waals surface area contributed by atoms with Crippen molar-refractivity contribution >= 4 is 91.5 Å². The molecule has 0 atom stereocenters. The van der Waals surface area contributed by atoms with Crippen molar-refractivity contribution in [3.63, 3.8) is 0 Å². The second kappa shape index (κ2) is 32.3. The number of halogens is 1. The van der Waals surface area contributed by atoms with Gasteiger partial charge in [0.2, 0.25) is 0 Å². The van der Waals surface area contributed by atoms with Gasteiger partial charge in [-0.25, -0.2) is 4.98 Å². The van der Waals surface area contributed by atoms with Crippen LogP contribution in [-0.2, 0) is 0 Å². The third-order valence-electron chi connectivity index (χ3n) is 6.67. The molecule has 0 aliphatic heterocycles. The van der Waals surface area contributed by atoms with Crippen LogP contribution in [0.4, 0.5) is 0 Å². The van der Waals surface area contributed by atoms with Crippen molar-refractivity contribution in [2.75, 3.05) is 0 Å². The van der Waals surface area contributed by atoms with Crippen molar-refractivity contribution in [3.05, 3.63) is 138 Å². The van der Waals surface area contributed by atoms with Crippen molar-refractivity contribution in [1.29, 1.82) is 0 Å². The predicted octanol–water partition coefficient (Wildman–Crippen LogP) is 15.5. The minimum absolute atomic E-state index is 0. The van der Waals surface area contributed by atoms with Gasteiger partial charge in [0.25, 0.3) is 0 Å². The van der Waals surface area contributed by atoms with E-state index in [4.69, 9.17) is 10.0 Å². The molecular weight excluding hydrogens is 779 g/mol. The maximum absolute atomic E-state index is 9.12. The van der Waals surface area contributed by atoms with Crippen LogP contribution in [0.15, 0.2) is 138 Å². The molecule has 8 heteroatoms. The standard InChI is InChI=1S/C17H11NS.C12H9BO2S.C5H4BrN.6C2H6.CH4/c1-2-7-16-13(5-1)14-9-8-12(11-17(14)19-16)15-6-3-4-10-18-15;14-13(15)8-5-6-10-9-3-1-2-4-11(9)16-12(10)7-8;6-5-3-1-2-4-7-5;6*1-2;/h1-11H;1-7,14-15H;1-4H;6*1-2H3;1H4. The highest BCUT2D eigenvalue weighted by atomic mass is 79.9. The van der Waals surface area contributed by atoms with Gasteiger partial charge in [-0.15, -0.1) is 22.7 Å². The highest BCUT2D eigenvalue weighted by Gasteiger charge is 2.13. The molecule has 2 N–H and O–H groups in total. The topological polar surface area (TPSA) is 66.2 Å². The Balaban J connectivity index is 0. The van der Waals surface area contributed by atoms with E-state index in [9.17, 15) is 0 Å². The first kappa shape index (κ1) is 53.2. The summed E-state index contributed by atoms with van der Waals surface area (Å²) in [5.41, 5.74) is 2.75. The van der Waals surface area contributed by atoms with E-state index in [1.807, 2.05) is 155 Å². The Morgan fingerprint density at radius 2 is 0.873 bits per heavy atom. The molecule has 0 fully saturated rings. The molecule has 4 nitrogen and oxygen atoms in total. The van der Waals surface area contributed by atoms with E-state index < -0.39 is 7.12 Å². The number of rotatable bonds is 2. The zero-order valence-electron chi connectivity index (χ0n) is 34.3. The molecule has 8 aromatic rings. The van der Waals surface area contributed by atoms with E-state index in [0.717, 1.165) is 15.0 Å². The van der Waals surface area contributed by atoms with E-state index in [2.05, 4.69) is 86.6 Å². The molecule has 4 heterocycles. The van der Waals surface area contributed by atoms with E-state index in [1.54, 1.807) is 23.6 Å². The minimum atomic E-state index is -1.39. The van der Waals surface area contributed by atoms with Crippen LogP contribution < -0.4 is 5.46 Å². The van der Waals surface area contributed by atoms with Gasteiger partial charge in [-0.05, 0) is 69.9 Å². The number of thiophene rings is 2. The molecule has 0 spiro atoms. The number of nitrogens with zero attached hydrogens (tertiary/aromatic N) is 2. The summed E-state index contributed by atoms with van der Waals surface area (Å²) in [6.45, 7) is 24.0. The van der Waals surface area contributed by atoms with Crippen LogP contribution in [-0.4, -0.2) is 27.1 Å². The fourth-order valence-electron chi connectivity index (χ4n) is 4.66. The molecule has 0 radical (unpaired) electrons. The highest BCUT2D eigenvalue weighted by Crippen LogP contribution is 2.36. The molecule has 0 amide bonds. The highest BCUT2D eigenvalue weighted by molar-refractivity contribution is 9.10. The summed E-state index contributed by atoms with van der Waals surface area (Å²) >= 11 is 6.71. The number of fused-ring (bicyclic) bond motifs is 6. The van der Waals surface area contributed by atoms with E-state index in [1.165, 1.54) is 41.2 Å². The zero-order valence-corrected chi connectivity index (χ0v) is 37.5. The third-order valence-corrected chi connectivity index (χ3v) is 9.41. The van der Waals surface area contributed by atoms with Gasteiger partial charge >= 0.3 is 7.12 Å². The lowest BCUT2D eigenvalue weighted by atomic mass is 9.80. The molecule has 4 aromatic heterocycles. The number of hydrogen-bond donors (Lipinski definition) is 2. The Hall–Kier alpha value is -3.92. The second-order valence-electron chi connectivity index (χ2n) is 9.40. The molecule has 0 aliphatic rings. The fourth-order valence-corrected chi connectivity index (χ4v) is 7.23. The van der Waals surface area contributed by atoms with Crippen molar-refractivity contribution in [2.24, 2.45) is 0 Å². The van der Waals surface area contributed by atoms with Gasteiger partial charge in [0.15, 0.2) is 0 Å². The molecule has 0 saturated carbocycles. The summed E-state index contributed by atoms with van der Waals surface area (Å²) in [5.74, 6) is 0. The molecule has 0 unspecified atom stereocenters. The lowest BCUT2D eigenvalue weighted by molar-refractivity contribution is 0.426. The average molecular weight is 844 g/mol. The number of pyridine rings is 2. The van der Waals surface area contributed by atoms with E-state index in [-0.39, 0.29) is 7.43 Å². The van der Waals surface area contributed by atoms with Crippen LogP contribution in [0.5, 0.6) is 0 Å². The monoisotopic (exact) mass is 842 g/mol. The van der Waals surface area contributed by atoms with Gasteiger partial charge in [-0.1, -0.05) is 163 Å². The smallest absolute Gasteiger partial charge is 0.423 e. The van der Waals surface area contributed by atoms with Crippen molar-refractivity contribution in [3.8, 4) is 11.3 Å². The zero-order chi connectivity index (χ0) is 40.9. The first-order valence-corrected chi connectivity index (χ1v) is 21.7. The molecule has 296 valence electrons. The first-order valence-electron chi connectivity index (χ1n) is 19.2. The Morgan fingerprint density at radius 1 is 0.455 bits per heavy atom. The summed E-state index contributed by atoms with van der Waals surface area (Å²) in [6.07, 6.45) is 3.58. The van der Waals surface area contributed by atoms with Crippen LogP contribution >= 0.6 is 38.6 Å². The minimum Gasteiger partial charge on any atom is -0.423 e. The fraction of sp³-hybridized carbons (Fsp3) is 0.277. The molecule has 0 bridgehead atoms. The summed E-state index contributed by atoms with van der Waals surface area (Å²) in [5, 5.41) is 23.3. The Morgan fingerprint density at radius 3 is 1.29 bits per heavy atom. The molecule has 8 rings (SSSR count). The molecule has 55 heavy (non-hydrogen) atoms. The first-order chi connectivity index (χ1) is 26.6. The normalized spacial score (nSPS) is 8.85. The van der Waals surface area contributed by atoms with E-state index in [0.29, 0.717) is 5.46 Å². The summed E-state index contributed by atoms with van der Waals surface area (Å²) < 4.78 is 5.86. The second-order valence-corrected chi connectivity index (χ2v) is 12.4. The maximum Gasteiger partial charge on any atom is 0.488 e. The lowest BCUT2D eigenvalue weighted by Gasteiger charge is -2.00. The van der Waals surface area contributed by atoms with Crippen molar-refractivity contribution < 1.29 is 10.0 Å². The molecule has 4 aromatic carbocycles. The van der Waals surface area contributed by atoms with Gasteiger partial charge < -0.3 is 10.0 Å². The van der Waals surface area contributed by atoms with Crippen molar-refractivity contribution in [1.82, 2.24) is 9.97 Å². The quantitative estimate of drug-likeness (QED) is 0.134. The van der Waals surface area contributed by atoms with Gasteiger partial charge in [-0.2, -0.15) is 0 Å². The van der Waals surface area contributed by atoms with Gasteiger partial charge in [-0.3, -0.25) is 4.98 Å². The van der Waals surface area contributed by atoms with E-state index >= 15 is 0 Å². The largest absolute Gasteiger partial charge is 0.488 e. The van der Waals surface area contributed by atoms with Gasteiger partial charge in [0.05, 0.1) is 5.69 Å². The summed E-state index contributed by atoms with van der Waals surface area (Å²) in [6, 6.07) is 40.6. The maximum atomic E-state index is 9.12. The lowest BCUT2D eigenvalue weighted by Crippen LogP contribution is -2.29. The average Bonchev–Trinajstić information content (AvgIpc) is 3.84. The molecule has 0 saturated heterocycles. The number of benzene rings is 4. The van der Waals surface area contributed by atoms with Crippen LogP contribution in [0.25, 0.3) is 51.6 Å². The molecular formula is C47H64BBrN2O2S2. The third kappa shape index (κ3) is 16.4. The van der Waals surface area contributed by atoms with Gasteiger partial charge in [0.1, 0.15) is 4.60 Å². The Bertz CT molecular complexity index is 2100. The van der Waals surface area contributed by atoms with Crippen molar-refractivity contribution in [2.45, 2.75) is 90.5 Å². The van der Waals surface area contributed by atoms with Crippen LogP contribution in [0.2, 0.25) is 0 Å². The number of hydrogen-bond acceptors (Lipinski definition) is 6. The van der Waals surface area contributed by atoms with Crippen LogP contribution in [0.1, 0.15) is 90.5 Å². The SMILES string of the molecule is Brc1ccccn1.C.CC.CC.CC.CC.CC.CC.OB(O)c1ccc2c(c1)sc1ccccc12.c1ccc(-c2ccc3c(c2)sc2ccccc23)nc1. The van der Waals surface area contributed by atoms with Crippen LogP contribution in [0, 0.1) is 0 Å². The number of aromatic nitrogens is 2. The van der Waals surface area contributed by atoms with Crippen LogP contribution in [0.3, 0.4) is 0 Å². The summed E-state index contributed by atoms with van der Waals surface area (Å²) in [7, 11) is -1.39.